The third-order valence-corrected chi connectivity index (χ3v) is 4.55. The fraction of sp³-hybridized carbons (Fsp3) is 0.941. The summed E-state index contributed by atoms with van der Waals surface area (Å²) in [5.41, 5.74) is -0.416. The molecule has 2 fully saturated rings. The highest BCUT2D eigenvalue weighted by Gasteiger charge is 2.29. The van der Waals surface area contributed by atoms with E-state index in [0.29, 0.717) is 5.92 Å². The smallest absolute Gasteiger partial charge is 0.407 e. The van der Waals surface area contributed by atoms with Gasteiger partial charge in [0.2, 0.25) is 0 Å². The van der Waals surface area contributed by atoms with Crippen molar-refractivity contribution in [2.45, 2.75) is 77.4 Å². The zero-order valence-corrected chi connectivity index (χ0v) is 14.0. The van der Waals surface area contributed by atoms with Crippen LogP contribution in [0.1, 0.15) is 65.7 Å². The van der Waals surface area contributed by atoms with Gasteiger partial charge < -0.3 is 15.0 Å². The number of amides is 1. The molecule has 4 heteroatoms. The second-order valence-corrected chi connectivity index (χ2v) is 7.66. The Bertz CT molecular complexity index is 332. The molecule has 0 unspecified atom stereocenters. The van der Waals surface area contributed by atoms with Crippen LogP contribution in [0.5, 0.6) is 0 Å². The maximum Gasteiger partial charge on any atom is 0.407 e. The van der Waals surface area contributed by atoms with Crippen molar-refractivity contribution >= 4 is 6.09 Å². The van der Waals surface area contributed by atoms with Crippen molar-refractivity contribution in [2.75, 3.05) is 19.6 Å². The van der Waals surface area contributed by atoms with E-state index < -0.39 is 5.60 Å². The van der Waals surface area contributed by atoms with Crippen LogP contribution in [-0.2, 0) is 4.74 Å². The van der Waals surface area contributed by atoms with E-state index in [1.807, 2.05) is 20.8 Å². The van der Waals surface area contributed by atoms with E-state index in [1.165, 1.54) is 51.6 Å². The fourth-order valence-electron chi connectivity index (χ4n) is 3.55. The number of hydrogen-bond acceptors (Lipinski definition) is 3. The molecule has 0 spiro atoms. The van der Waals surface area contributed by atoms with Gasteiger partial charge in [-0.1, -0.05) is 19.3 Å². The number of piperidine rings is 1. The molecule has 1 N–H and O–H groups in total. The van der Waals surface area contributed by atoms with Gasteiger partial charge in [-0.05, 0) is 65.5 Å². The third kappa shape index (κ3) is 5.85. The summed E-state index contributed by atoms with van der Waals surface area (Å²) in [6.45, 7) is 9.35. The predicted molar refractivity (Wildman–Crippen MR) is 85.4 cm³/mol. The van der Waals surface area contributed by atoms with Crippen LogP contribution in [0.4, 0.5) is 4.79 Å². The molecular formula is C17H32N2O2. The average molecular weight is 296 g/mol. The lowest BCUT2D eigenvalue weighted by molar-refractivity contribution is 0.0451. The molecule has 1 saturated carbocycles. The minimum Gasteiger partial charge on any atom is -0.444 e. The van der Waals surface area contributed by atoms with Crippen LogP contribution in [0.15, 0.2) is 0 Å². The van der Waals surface area contributed by atoms with Crippen molar-refractivity contribution in [3.05, 3.63) is 0 Å². The Morgan fingerprint density at radius 2 is 1.76 bits per heavy atom. The van der Waals surface area contributed by atoms with Crippen LogP contribution in [-0.4, -0.2) is 42.3 Å². The van der Waals surface area contributed by atoms with E-state index in [2.05, 4.69) is 10.2 Å². The van der Waals surface area contributed by atoms with Crippen molar-refractivity contribution in [2.24, 2.45) is 5.92 Å². The summed E-state index contributed by atoms with van der Waals surface area (Å²) in [7, 11) is 0. The van der Waals surface area contributed by atoms with Crippen molar-refractivity contribution < 1.29 is 9.53 Å². The Morgan fingerprint density at radius 1 is 1.10 bits per heavy atom. The van der Waals surface area contributed by atoms with Crippen LogP contribution >= 0.6 is 0 Å². The van der Waals surface area contributed by atoms with Crippen molar-refractivity contribution in [3.63, 3.8) is 0 Å². The molecule has 4 nitrogen and oxygen atoms in total. The molecule has 1 heterocycles. The summed E-state index contributed by atoms with van der Waals surface area (Å²) in [5.74, 6) is 0.587. The molecule has 2 aliphatic rings. The Hall–Kier alpha value is -0.770. The number of nitrogens with zero attached hydrogens (tertiary/aromatic N) is 1. The first-order valence-corrected chi connectivity index (χ1v) is 8.66. The van der Waals surface area contributed by atoms with Crippen LogP contribution in [0.2, 0.25) is 0 Å². The van der Waals surface area contributed by atoms with Gasteiger partial charge in [0, 0.05) is 12.6 Å². The quantitative estimate of drug-likeness (QED) is 0.866. The molecule has 122 valence electrons. The lowest BCUT2D eigenvalue weighted by atomic mass is 9.84. The van der Waals surface area contributed by atoms with Crippen LogP contribution in [0, 0.1) is 5.92 Å². The molecular weight excluding hydrogens is 264 g/mol. The first-order chi connectivity index (χ1) is 9.94. The van der Waals surface area contributed by atoms with Gasteiger partial charge in [-0.2, -0.15) is 0 Å². The third-order valence-electron chi connectivity index (χ3n) is 4.55. The van der Waals surface area contributed by atoms with Gasteiger partial charge in [0.25, 0.3) is 0 Å². The number of hydrogen-bond donors (Lipinski definition) is 1. The van der Waals surface area contributed by atoms with Gasteiger partial charge in [-0.3, -0.25) is 0 Å². The van der Waals surface area contributed by atoms with E-state index in [9.17, 15) is 4.79 Å². The predicted octanol–water partition coefficient (Wildman–Crippen LogP) is 3.56. The number of ether oxygens (including phenoxy) is 1. The number of carbonyl (C=O) groups excluding carboxylic acids is 1. The lowest BCUT2D eigenvalue weighted by Gasteiger charge is -2.37. The molecule has 2 rings (SSSR count). The normalized spacial score (nSPS) is 28.1. The SMILES string of the molecule is CC(C)(C)OC(=O)N[C@H]1CCCC[C@@H]1CN1CCCCC1. The van der Waals surface area contributed by atoms with Gasteiger partial charge in [0.1, 0.15) is 5.60 Å². The zero-order valence-electron chi connectivity index (χ0n) is 14.0. The van der Waals surface area contributed by atoms with Crippen LogP contribution in [0.3, 0.4) is 0 Å². The Morgan fingerprint density at radius 3 is 2.43 bits per heavy atom. The molecule has 21 heavy (non-hydrogen) atoms. The molecule has 1 saturated heterocycles. The molecule has 0 aromatic heterocycles. The number of rotatable bonds is 3. The minimum atomic E-state index is -0.416. The van der Waals surface area contributed by atoms with Crippen molar-refractivity contribution in [3.8, 4) is 0 Å². The molecule has 0 aromatic rings. The topological polar surface area (TPSA) is 41.6 Å². The molecule has 1 aliphatic heterocycles. The van der Waals surface area contributed by atoms with Crippen LogP contribution in [0.25, 0.3) is 0 Å². The average Bonchev–Trinajstić information content (AvgIpc) is 2.40. The second-order valence-electron chi connectivity index (χ2n) is 7.66. The summed E-state index contributed by atoms with van der Waals surface area (Å²) in [4.78, 5) is 14.6. The van der Waals surface area contributed by atoms with Gasteiger partial charge in [-0.25, -0.2) is 4.79 Å². The second kappa shape index (κ2) is 7.48. The highest BCUT2D eigenvalue weighted by molar-refractivity contribution is 5.68. The Balaban J connectivity index is 1.84. The van der Waals surface area contributed by atoms with E-state index in [-0.39, 0.29) is 12.1 Å². The molecule has 2 atom stereocenters. The fourth-order valence-corrected chi connectivity index (χ4v) is 3.55. The van der Waals surface area contributed by atoms with Gasteiger partial charge in [0.15, 0.2) is 0 Å². The standard InChI is InChI=1S/C17H32N2O2/c1-17(2,3)21-16(20)18-15-10-6-5-9-14(15)13-19-11-7-4-8-12-19/h14-15H,4-13H2,1-3H3,(H,18,20)/t14-,15+/m1/s1. The minimum absolute atomic E-state index is 0.252. The molecule has 0 radical (unpaired) electrons. The molecule has 0 bridgehead atoms. The molecule has 0 aromatic carbocycles. The van der Waals surface area contributed by atoms with Gasteiger partial charge in [-0.15, -0.1) is 0 Å². The van der Waals surface area contributed by atoms with Crippen molar-refractivity contribution in [1.29, 1.82) is 0 Å². The Kier molecular flexibility index (Phi) is 5.91. The Labute approximate surface area is 129 Å². The molecule has 1 aliphatic carbocycles. The summed E-state index contributed by atoms with van der Waals surface area (Å²) in [5, 5.41) is 3.13. The van der Waals surface area contributed by atoms with Gasteiger partial charge in [0.05, 0.1) is 0 Å². The number of alkyl carbamates (subject to hydrolysis) is 1. The largest absolute Gasteiger partial charge is 0.444 e. The van der Waals surface area contributed by atoms with Crippen LogP contribution < -0.4 is 5.32 Å². The van der Waals surface area contributed by atoms with Gasteiger partial charge >= 0.3 is 6.09 Å². The molecule has 1 amide bonds. The summed E-state index contributed by atoms with van der Waals surface area (Å²) in [6, 6.07) is 0.288. The summed E-state index contributed by atoms with van der Waals surface area (Å²) >= 11 is 0. The van der Waals surface area contributed by atoms with E-state index in [1.54, 1.807) is 0 Å². The maximum atomic E-state index is 12.0. The van der Waals surface area contributed by atoms with E-state index >= 15 is 0 Å². The monoisotopic (exact) mass is 296 g/mol. The first-order valence-electron chi connectivity index (χ1n) is 8.66. The number of carbonyl (C=O) groups is 1. The highest BCUT2D eigenvalue weighted by Crippen LogP contribution is 2.26. The maximum absolute atomic E-state index is 12.0. The summed E-state index contributed by atoms with van der Waals surface area (Å²) in [6.07, 6.45) is 8.63. The first kappa shape index (κ1) is 16.6. The zero-order chi connectivity index (χ0) is 15.3. The lowest BCUT2D eigenvalue weighted by Crippen LogP contribution is -2.48. The highest BCUT2D eigenvalue weighted by atomic mass is 16.6. The van der Waals surface area contributed by atoms with E-state index in [0.717, 1.165) is 13.0 Å². The van der Waals surface area contributed by atoms with Crippen molar-refractivity contribution in [1.82, 2.24) is 10.2 Å². The number of nitrogens with one attached hydrogen (secondary N) is 1. The number of likely N-dealkylation sites (tertiary alicyclic amines) is 1. The van der Waals surface area contributed by atoms with E-state index in [4.69, 9.17) is 4.74 Å². The summed E-state index contributed by atoms with van der Waals surface area (Å²) < 4.78 is 5.42.